The van der Waals surface area contributed by atoms with Crippen molar-refractivity contribution in [1.82, 2.24) is 9.97 Å². The predicted octanol–water partition coefficient (Wildman–Crippen LogP) is 2.25. The zero-order chi connectivity index (χ0) is 11.4. The molecule has 1 aromatic heterocycles. The summed E-state index contributed by atoms with van der Waals surface area (Å²) in [7, 11) is 0. The van der Waals surface area contributed by atoms with E-state index in [1.807, 2.05) is 20.8 Å². The van der Waals surface area contributed by atoms with Crippen LogP contribution in [-0.2, 0) is 0 Å². The van der Waals surface area contributed by atoms with Gasteiger partial charge in [0.05, 0.1) is 6.10 Å². The highest BCUT2D eigenvalue weighted by molar-refractivity contribution is 9.09. The van der Waals surface area contributed by atoms with Crippen molar-refractivity contribution in [2.75, 3.05) is 11.1 Å². The van der Waals surface area contributed by atoms with E-state index in [1.165, 1.54) is 11.8 Å². The van der Waals surface area contributed by atoms with Crippen LogP contribution in [0.15, 0.2) is 5.16 Å². The molecule has 0 aliphatic rings. The number of aliphatic hydroxyl groups excluding tert-OH is 1. The highest BCUT2D eigenvalue weighted by atomic mass is 79.9. The highest BCUT2D eigenvalue weighted by Gasteiger charge is 2.07. The smallest absolute Gasteiger partial charge is 0.188 e. The van der Waals surface area contributed by atoms with E-state index < -0.39 is 0 Å². The molecule has 0 aliphatic carbocycles. The lowest BCUT2D eigenvalue weighted by molar-refractivity contribution is 0.226. The van der Waals surface area contributed by atoms with Gasteiger partial charge < -0.3 is 5.11 Å². The summed E-state index contributed by atoms with van der Waals surface area (Å²) in [6.07, 6.45) is -0.347. The van der Waals surface area contributed by atoms with Crippen LogP contribution in [-0.4, -0.2) is 32.3 Å². The minimum absolute atomic E-state index is 0.347. The van der Waals surface area contributed by atoms with Crippen LogP contribution in [0.2, 0.25) is 0 Å². The molecule has 1 atom stereocenters. The molecule has 5 heteroatoms. The van der Waals surface area contributed by atoms with Gasteiger partial charge >= 0.3 is 0 Å². The number of aromatic nitrogens is 2. The summed E-state index contributed by atoms with van der Waals surface area (Å²) < 4.78 is 0. The first kappa shape index (κ1) is 12.9. The second-order valence-electron chi connectivity index (χ2n) is 3.42. The summed E-state index contributed by atoms with van der Waals surface area (Å²) in [6, 6.07) is 0. The van der Waals surface area contributed by atoms with E-state index in [-0.39, 0.29) is 6.10 Å². The number of hydrogen-bond acceptors (Lipinski definition) is 4. The first-order valence-electron chi connectivity index (χ1n) is 4.73. The molecule has 0 bridgehead atoms. The zero-order valence-electron chi connectivity index (χ0n) is 9.12. The van der Waals surface area contributed by atoms with Crippen molar-refractivity contribution >= 4 is 27.7 Å². The Kier molecular flexibility index (Phi) is 5.02. The summed E-state index contributed by atoms with van der Waals surface area (Å²) >= 11 is 4.71. The van der Waals surface area contributed by atoms with Gasteiger partial charge in [-0.2, -0.15) is 0 Å². The second-order valence-corrected chi connectivity index (χ2v) is 5.06. The minimum atomic E-state index is -0.347. The lowest BCUT2D eigenvalue weighted by Crippen LogP contribution is -2.11. The third-order valence-corrected chi connectivity index (χ3v) is 3.93. The highest BCUT2D eigenvalue weighted by Crippen LogP contribution is 2.18. The largest absolute Gasteiger partial charge is 0.391 e. The molecule has 1 aromatic rings. The normalized spacial score (nSPS) is 12.9. The van der Waals surface area contributed by atoms with Gasteiger partial charge in [0.15, 0.2) is 5.16 Å². The number of hydrogen-bond donors (Lipinski definition) is 1. The SMILES string of the molecule is Cc1nc(SCC(O)CBr)nc(C)c1C. The summed E-state index contributed by atoms with van der Waals surface area (Å²) in [6.45, 7) is 5.98. The molecular formula is C10H15BrN2OS. The van der Waals surface area contributed by atoms with Gasteiger partial charge in [0.1, 0.15) is 0 Å². The molecular weight excluding hydrogens is 276 g/mol. The van der Waals surface area contributed by atoms with Gasteiger partial charge in [0.2, 0.25) is 0 Å². The van der Waals surface area contributed by atoms with Gasteiger partial charge in [0.25, 0.3) is 0 Å². The third kappa shape index (κ3) is 3.74. The van der Waals surface area contributed by atoms with Crippen LogP contribution in [0.3, 0.4) is 0 Å². The first-order chi connectivity index (χ1) is 7.04. The van der Waals surface area contributed by atoms with E-state index in [2.05, 4.69) is 25.9 Å². The van der Waals surface area contributed by atoms with Gasteiger partial charge in [-0.1, -0.05) is 27.7 Å². The van der Waals surface area contributed by atoms with E-state index in [4.69, 9.17) is 0 Å². The van der Waals surface area contributed by atoms with Crippen LogP contribution in [0.4, 0.5) is 0 Å². The van der Waals surface area contributed by atoms with Crippen LogP contribution in [0.1, 0.15) is 17.0 Å². The maximum Gasteiger partial charge on any atom is 0.188 e. The summed E-state index contributed by atoms with van der Waals surface area (Å²) in [5.74, 6) is 0.618. The van der Waals surface area contributed by atoms with Crippen molar-refractivity contribution in [3.8, 4) is 0 Å². The third-order valence-electron chi connectivity index (χ3n) is 2.20. The molecule has 3 nitrogen and oxygen atoms in total. The Morgan fingerprint density at radius 1 is 1.27 bits per heavy atom. The van der Waals surface area contributed by atoms with Crippen molar-refractivity contribution in [1.29, 1.82) is 0 Å². The van der Waals surface area contributed by atoms with Crippen molar-refractivity contribution < 1.29 is 5.11 Å². The Morgan fingerprint density at radius 3 is 2.27 bits per heavy atom. The maximum absolute atomic E-state index is 9.39. The van der Waals surface area contributed by atoms with Crippen molar-refractivity contribution in [3.05, 3.63) is 17.0 Å². The molecule has 0 spiro atoms. The van der Waals surface area contributed by atoms with E-state index in [1.54, 1.807) is 0 Å². The van der Waals surface area contributed by atoms with Crippen molar-refractivity contribution in [2.45, 2.75) is 32.0 Å². The Hall–Kier alpha value is -0.130. The molecule has 0 aliphatic heterocycles. The molecule has 0 radical (unpaired) electrons. The van der Waals surface area contributed by atoms with E-state index in [0.29, 0.717) is 11.1 Å². The monoisotopic (exact) mass is 290 g/mol. The van der Waals surface area contributed by atoms with Gasteiger partial charge in [-0.15, -0.1) is 0 Å². The molecule has 0 amide bonds. The van der Waals surface area contributed by atoms with E-state index >= 15 is 0 Å². The predicted molar refractivity (Wildman–Crippen MR) is 66.8 cm³/mol. The minimum Gasteiger partial charge on any atom is -0.391 e. The Labute approximate surface area is 103 Å². The van der Waals surface area contributed by atoms with E-state index in [9.17, 15) is 5.11 Å². The molecule has 0 aromatic carbocycles. The average Bonchev–Trinajstić information content (AvgIpc) is 2.22. The molecule has 1 N–H and O–H groups in total. The Morgan fingerprint density at radius 2 is 1.80 bits per heavy atom. The summed E-state index contributed by atoms with van der Waals surface area (Å²) in [5.41, 5.74) is 3.16. The number of alkyl halides is 1. The van der Waals surface area contributed by atoms with Gasteiger partial charge in [0, 0.05) is 22.5 Å². The van der Waals surface area contributed by atoms with E-state index in [0.717, 1.165) is 22.1 Å². The second kappa shape index (κ2) is 5.82. The van der Waals surface area contributed by atoms with Crippen LogP contribution < -0.4 is 0 Å². The fraction of sp³-hybridized carbons (Fsp3) is 0.600. The van der Waals surface area contributed by atoms with Crippen molar-refractivity contribution in [2.24, 2.45) is 0 Å². The fourth-order valence-electron chi connectivity index (χ4n) is 1.02. The topological polar surface area (TPSA) is 46.0 Å². The number of nitrogens with zero attached hydrogens (tertiary/aromatic N) is 2. The fourth-order valence-corrected chi connectivity index (χ4v) is 2.42. The average molecular weight is 291 g/mol. The lowest BCUT2D eigenvalue weighted by Gasteiger charge is -2.08. The zero-order valence-corrected chi connectivity index (χ0v) is 11.5. The number of halogens is 1. The standard InChI is InChI=1S/C10H15BrN2OS/c1-6-7(2)12-10(13-8(6)3)15-5-9(14)4-11/h9,14H,4-5H2,1-3H3. The van der Waals surface area contributed by atoms with Crippen molar-refractivity contribution in [3.63, 3.8) is 0 Å². The summed E-state index contributed by atoms with van der Waals surface area (Å²) in [4.78, 5) is 8.73. The van der Waals surface area contributed by atoms with Crippen LogP contribution >= 0.6 is 27.7 Å². The first-order valence-corrected chi connectivity index (χ1v) is 6.84. The Bertz CT molecular complexity index is 323. The number of aryl methyl sites for hydroxylation is 2. The molecule has 1 unspecified atom stereocenters. The summed E-state index contributed by atoms with van der Waals surface area (Å²) in [5, 5.41) is 10.7. The number of aliphatic hydroxyl groups is 1. The molecule has 0 fully saturated rings. The Balaban J connectivity index is 2.70. The van der Waals surface area contributed by atoms with Gasteiger partial charge in [-0.25, -0.2) is 9.97 Å². The molecule has 84 valence electrons. The van der Waals surface area contributed by atoms with Gasteiger partial charge in [-0.05, 0) is 26.3 Å². The lowest BCUT2D eigenvalue weighted by atomic mass is 10.2. The van der Waals surface area contributed by atoms with Crippen LogP contribution in [0.25, 0.3) is 0 Å². The van der Waals surface area contributed by atoms with Crippen LogP contribution in [0.5, 0.6) is 0 Å². The molecule has 0 saturated heterocycles. The van der Waals surface area contributed by atoms with Gasteiger partial charge in [-0.3, -0.25) is 0 Å². The number of thioether (sulfide) groups is 1. The molecule has 1 rings (SSSR count). The van der Waals surface area contributed by atoms with Crippen LogP contribution in [0, 0.1) is 20.8 Å². The maximum atomic E-state index is 9.39. The quantitative estimate of drug-likeness (QED) is 0.525. The number of rotatable bonds is 4. The molecule has 15 heavy (non-hydrogen) atoms. The molecule has 0 saturated carbocycles. The molecule has 1 heterocycles.